The van der Waals surface area contributed by atoms with Crippen molar-refractivity contribution in [2.45, 2.75) is 108 Å². The molecule has 17 heteroatoms. The molecule has 0 heterocycles. The minimum Gasteiger partial charge on any atom is -0.369 e. The van der Waals surface area contributed by atoms with Gasteiger partial charge in [-0.1, -0.05) is 0 Å². The van der Waals surface area contributed by atoms with Crippen LogP contribution in [0.1, 0.15) is 41.5 Å². The van der Waals surface area contributed by atoms with Crippen molar-refractivity contribution in [3.8, 4) is 0 Å². The third-order valence-electron chi connectivity index (χ3n) is 3.93. The molecule has 206 valence electrons. The van der Waals surface area contributed by atoms with Gasteiger partial charge in [0.05, 0.1) is 0 Å². The van der Waals surface area contributed by atoms with Crippen molar-refractivity contribution < 1.29 is 70.4 Å². The van der Waals surface area contributed by atoms with Gasteiger partial charge in [0, 0.05) is 18.3 Å². The van der Waals surface area contributed by atoms with Crippen LogP contribution in [0, 0.1) is 0 Å². The van der Waals surface area contributed by atoms with Crippen molar-refractivity contribution in [2.24, 2.45) is 0 Å². The van der Waals surface area contributed by atoms with Crippen LogP contribution in [0.25, 0.3) is 0 Å². The van der Waals surface area contributed by atoms with Gasteiger partial charge in [-0.05, 0) is 41.5 Å². The van der Waals surface area contributed by atoms with Gasteiger partial charge in [0.25, 0.3) is 6.43 Å². The maximum Gasteiger partial charge on any atom is 0.544 e. The molecule has 0 saturated heterocycles. The van der Waals surface area contributed by atoms with Gasteiger partial charge in [-0.15, -0.1) is 0 Å². The molecule has 0 N–H and O–H groups in total. The topological polar surface area (TPSA) is 27.7 Å². The molecule has 34 heavy (non-hydrogen) atoms. The third kappa shape index (κ3) is 6.30. The Labute approximate surface area is 188 Å². The summed E-state index contributed by atoms with van der Waals surface area (Å²) in [5.74, 6) is -33.6. The zero-order valence-electron chi connectivity index (χ0n) is 18.7. The Morgan fingerprint density at radius 2 is 0.824 bits per heavy atom. The van der Waals surface area contributed by atoms with Crippen LogP contribution in [-0.4, -0.2) is 75.4 Å². The van der Waals surface area contributed by atoms with Gasteiger partial charge in [0.15, 0.2) is 6.17 Å². The molecular formula is C17H25F13O3Si. The van der Waals surface area contributed by atoms with Crippen LogP contribution < -0.4 is 0 Å². The lowest BCUT2D eigenvalue weighted by molar-refractivity contribution is -0.385. The number of hydrogen-bond donors (Lipinski definition) is 0. The van der Waals surface area contributed by atoms with E-state index < -0.39 is 75.4 Å². The fourth-order valence-corrected chi connectivity index (χ4v) is 5.67. The lowest BCUT2D eigenvalue weighted by atomic mass is 9.94. The Morgan fingerprint density at radius 1 is 0.529 bits per heavy atom. The van der Waals surface area contributed by atoms with Crippen molar-refractivity contribution in [1.82, 2.24) is 0 Å². The van der Waals surface area contributed by atoms with Crippen LogP contribution in [0.4, 0.5) is 57.1 Å². The fraction of sp³-hybridized carbons (Fsp3) is 1.00. The van der Waals surface area contributed by atoms with Crippen molar-refractivity contribution in [3.05, 3.63) is 0 Å². The van der Waals surface area contributed by atoms with Gasteiger partial charge in [-0.25, -0.2) is 22.0 Å². The molecule has 0 fully saturated rings. The minimum atomic E-state index is -7.57. The average molecular weight is 552 g/mol. The maximum atomic E-state index is 15.1. The van der Waals surface area contributed by atoms with Crippen molar-refractivity contribution in [1.29, 1.82) is 0 Å². The van der Waals surface area contributed by atoms with Crippen LogP contribution in [0.2, 0.25) is 0 Å². The van der Waals surface area contributed by atoms with Crippen LogP contribution in [0.3, 0.4) is 0 Å². The first-order valence-electron chi connectivity index (χ1n) is 9.67. The summed E-state index contributed by atoms with van der Waals surface area (Å²) < 4.78 is 193. The van der Waals surface area contributed by atoms with E-state index in [1.165, 1.54) is 0 Å². The number of rotatable bonds is 14. The predicted octanol–water partition coefficient (Wildman–Crippen LogP) is 6.56. The highest BCUT2D eigenvalue weighted by atomic mass is 28.4. The van der Waals surface area contributed by atoms with E-state index in [1.807, 2.05) is 0 Å². The molecule has 3 unspecified atom stereocenters. The van der Waals surface area contributed by atoms with Crippen molar-refractivity contribution in [2.75, 3.05) is 0 Å². The predicted molar refractivity (Wildman–Crippen MR) is 94.9 cm³/mol. The molecule has 0 spiro atoms. The zero-order chi connectivity index (χ0) is 27.7. The van der Waals surface area contributed by atoms with E-state index in [-0.39, 0.29) is 0 Å². The second-order valence-electron chi connectivity index (χ2n) is 8.04. The summed E-state index contributed by atoms with van der Waals surface area (Å²) in [5, 5.41) is 0. The van der Waals surface area contributed by atoms with E-state index in [1.54, 1.807) is 0 Å². The summed E-state index contributed by atoms with van der Waals surface area (Å²) in [6, 6.07) is 0. The largest absolute Gasteiger partial charge is 0.544 e. The molecule has 0 radical (unpaired) electrons. The Bertz CT molecular complexity index is 620. The van der Waals surface area contributed by atoms with E-state index in [4.69, 9.17) is 13.3 Å². The SMILES string of the molecule is CC(C)O[Si](OC(C)C)(OC(C)C)C(F)C(F)(F)C(F)(F)C(F)(F)C(F)(F)C(F)C(F)C(F)F. The zero-order valence-corrected chi connectivity index (χ0v) is 19.7. The lowest BCUT2D eigenvalue weighted by Gasteiger charge is -2.43. The van der Waals surface area contributed by atoms with Crippen LogP contribution in [-0.2, 0) is 13.3 Å². The Balaban J connectivity index is 6.74. The number of halogens is 13. The second-order valence-corrected chi connectivity index (χ2v) is 10.5. The maximum absolute atomic E-state index is 15.1. The normalized spacial score (nSPS) is 17.7. The lowest BCUT2D eigenvalue weighted by Crippen LogP contribution is -2.73. The van der Waals surface area contributed by atoms with Gasteiger partial charge in [0.1, 0.15) is 0 Å². The van der Waals surface area contributed by atoms with E-state index in [0.29, 0.717) is 0 Å². The Kier molecular flexibility index (Phi) is 10.8. The summed E-state index contributed by atoms with van der Waals surface area (Å²) >= 11 is 0. The third-order valence-corrected chi connectivity index (χ3v) is 7.31. The van der Waals surface area contributed by atoms with E-state index in [2.05, 4.69) is 0 Å². The van der Waals surface area contributed by atoms with Crippen LogP contribution in [0.15, 0.2) is 0 Å². The Morgan fingerprint density at radius 3 is 1.09 bits per heavy atom. The van der Waals surface area contributed by atoms with Gasteiger partial charge < -0.3 is 13.3 Å². The van der Waals surface area contributed by atoms with Crippen LogP contribution >= 0.6 is 0 Å². The number of alkyl halides is 13. The smallest absolute Gasteiger partial charge is 0.369 e. The first kappa shape index (κ1) is 33.2. The highest BCUT2D eigenvalue weighted by Crippen LogP contribution is 2.57. The average Bonchev–Trinajstić information content (AvgIpc) is 2.63. The molecule has 3 nitrogen and oxygen atoms in total. The molecule has 3 atom stereocenters. The standard InChI is InChI=1S/C17H25F13O3Si/c1-7(2)31-34(32-8(3)4,33-9(5)6)13(22)15(25,26)17(29,30)16(27,28)14(23,24)11(19)10(18)12(20)21/h7-13H,1-6H3. The number of hydrogen-bond acceptors (Lipinski definition) is 3. The monoisotopic (exact) mass is 552 g/mol. The van der Waals surface area contributed by atoms with Gasteiger partial charge in [-0.2, -0.15) is 35.1 Å². The quantitative estimate of drug-likeness (QED) is 0.181. The summed E-state index contributed by atoms with van der Waals surface area (Å²) in [6.45, 7) is 6.42. The molecule has 0 aromatic carbocycles. The Hall–Kier alpha value is -0.813. The summed E-state index contributed by atoms with van der Waals surface area (Å²) in [7, 11) is -5.80. The molecule has 0 amide bonds. The highest BCUT2D eigenvalue weighted by Gasteiger charge is 2.87. The van der Waals surface area contributed by atoms with E-state index in [9.17, 15) is 52.7 Å². The molecule has 0 aromatic rings. The minimum absolute atomic E-state index is 1.07. The first-order chi connectivity index (χ1) is 14.9. The molecule has 0 aromatic heterocycles. The van der Waals surface area contributed by atoms with Crippen molar-refractivity contribution in [3.63, 3.8) is 0 Å². The second kappa shape index (κ2) is 11.1. The first-order valence-corrected chi connectivity index (χ1v) is 11.5. The molecule has 0 aliphatic carbocycles. The van der Waals surface area contributed by atoms with E-state index >= 15 is 4.39 Å². The van der Waals surface area contributed by atoms with Gasteiger partial charge >= 0.3 is 32.5 Å². The molecular weight excluding hydrogens is 527 g/mol. The molecule has 0 aliphatic rings. The summed E-state index contributed by atoms with van der Waals surface area (Å²) in [5.41, 5.74) is 0. The van der Waals surface area contributed by atoms with Gasteiger partial charge in [-0.3, -0.25) is 0 Å². The molecule has 0 rings (SSSR count). The summed E-state index contributed by atoms with van der Waals surface area (Å²) in [6.07, 6.45) is -18.7. The van der Waals surface area contributed by atoms with Crippen molar-refractivity contribution >= 4 is 8.80 Å². The fourth-order valence-electron chi connectivity index (χ4n) is 2.55. The van der Waals surface area contributed by atoms with Gasteiger partial charge in [0.2, 0.25) is 12.0 Å². The summed E-state index contributed by atoms with van der Waals surface area (Å²) in [4.78, 5) is 0. The molecule has 0 bridgehead atoms. The molecule has 0 aliphatic heterocycles. The highest BCUT2D eigenvalue weighted by molar-refractivity contribution is 6.62. The van der Waals surface area contributed by atoms with Crippen LogP contribution in [0.5, 0.6) is 0 Å². The molecule has 0 saturated carbocycles. The van der Waals surface area contributed by atoms with E-state index in [0.717, 1.165) is 41.5 Å².